The average molecular weight is 197 g/mol. The summed E-state index contributed by atoms with van der Waals surface area (Å²) in [6.45, 7) is 1.06. The lowest BCUT2D eigenvalue weighted by atomic mass is 10.2. The fourth-order valence-electron chi connectivity index (χ4n) is 0.600. The van der Waals surface area contributed by atoms with Gasteiger partial charge in [-0.3, -0.25) is 4.79 Å². The number of aliphatic hydroxyl groups is 1. The van der Waals surface area contributed by atoms with Crippen molar-refractivity contribution in [3.63, 3.8) is 0 Å². The van der Waals surface area contributed by atoms with Crippen LogP contribution in [0.15, 0.2) is 0 Å². The van der Waals surface area contributed by atoms with E-state index in [1.54, 1.807) is 0 Å². The van der Waals surface area contributed by atoms with Crippen LogP contribution in [0.1, 0.15) is 6.92 Å². The zero-order valence-electron chi connectivity index (χ0n) is 6.12. The van der Waals surface area contributed by atoms with Crippen molar-refractivity contribution in [2.24, 2.45) is 0 Å². The molecule has 0 saturated carbocycles. The molecule has 0 rings (SSSR count). The number of carboxylic acid groups (broad SMARTS) is 1. The third-order valence-electron chi connectivity index (χ3n) is 1.13. The Labute approximate surface area is 68.1 Å². The van der Waals surface area contributed by atoms with Crippen LogP contribution in [-0.4, -0.2) is 38.4 Å². The highest BCUT2D eigenvalue weighted by molar-refractivity contribution is 7.27. The average Bonchev–Trinajstić information content (AvgIpc) is 1.85. The third kappa shape index (κ3) is 2.71. The zero-order valence-corrected chi connectivity index (χ0v) is 7.01. The molecule has 2 unspecified atom stereocenters. The maximum Gasteiger partial charge on any atom is 0.423 e. The monoisotopic (exact) mass is 197 g/mol. The Bertz CT molecular complexity index is 228. The maximum absolute atomic E-state index is 10.3. The van der Waals surface area contributed by atoms with Crippen LogP contribution in [0.25, 0.3) is 0 Å². The lowest BCUT2D eigenvalue weighted by Gasteiger charge is -2.17. The quantitative estimate of drug-likeness (QED) is 0.414. The lowest BCUT2D eigenvalue weighted by Crippen LogP contribution is -2.42. The van der Waals surface area contributed by atoms with Crippen molar-refractivity contribution in [1.82, 2.24) is 4.83 Å². The van der Waals surface area contributed by atoms with Crippen molar-refractivity contribution in [2.75, 3.05) is 0 Å². The maximum atomic E-state index is 10.3. The summed E-state index contributed by atoms with van der Waals surface area (Å²) >= 11 is 0. The second-order valence-electron chi connectivity index (χ2n) is 2.08. The largest absolute Gasteiger partial charge is 0.480 e. The van der Waals surface area contributed by atoms with Gasteiger partial charge in [-0.15, -0.1) is 0 Å². The van der Waals surface area contributed by atoms with E-state index in [4.69, 9.17) is 15.4 Å². The summed E-state index contributed by atoms with van der Waals surface area (Å²) in [5, 5.41) is 25.7. The molecular formula is C4H8NO6P. The highest BCUT2D eigenvalue weighted by Gasteiger charge is 2.32. The van der Waals surface area contributed by atoms with Crippen LogP contribution in [0.3, 0.4) is 0 Å². The Kier molecular flexibility index (Phi) is 4.05. The number of hydrogen-bond donors (Lipinski definition) is 3. The Hall–Kier alpha value is -0.750. The molecule has 0 fully saturated rings. The Balaban J connectivity index is 4.63. The fourth-order valence-corrected chi connectivity index (χ4v) is 1.09. The smallest absolute Gasteiger partial charge is 0.423 e. The van der Waals surface area contributed by atoms with Crippen LogP contribution >= 0.6 is 7.83 Å². The predicted octanol–water partition coefficient (Wildman–Crippen LogP) is -0.401. The van der Waals surface area contributed by atoms with E-state index in [-0.39, 0.29) is 0 Å². The number of hydrogen-bond acceptors (Lipinski definition) is 5. The summed E-state index contributed by atoms with van der Waals surface area (Å²) in [6, 6.07) is -1.86. The highest BCUT2D eigenvalue weighted by atomic mass is 31.1. The van der Waals surface area contributed by atoms with E-state index >= 15 is 0 Å². The summed E-state index contributed by atoms with van der Waals surface area (Å²) in [5.41, 5.74) is 0. The van der Waals surface area contributed by atoms with Crippen molar-refractivity contribution in [3.05, 3.63) is 0 Å². The van der Waals surface area contributed by atoms with E-state index in [1.807, 2.05) is 0 Å². The van der Waals surface area contributed by atoms with E-state index in [0.717, 1.165) is 6.92 Å². The van der Waals surface area contributed by atoms with Crippen LogP contribution in [-0.2, 0) is 13.9 Å². The van der Waals surface area contributed by atoms with Gasteiger partial charge in [-0.2, -0.15) is 0 Å². The molecule has 0 aliphatic carbocycles. The second kappa shape index (κ2) is 4.32. The Morgan fingerprint density at radius 1 is 1.50 bits per heavy atom. The molecule has 8 heteroatoms. The van der Waals surface area contributed by atoms with Gasteiger partial charge in [0.2, 0.25) is 0 Å². The molecule has 0 saturated heterocycles. The highest BCUT2D eigenvalue weighted by Crippen LogP contribution is 2.16. The minimum absolute atomic E-state index is 0.414. The summed E-state index contributed by atoms with van der Waals surface area (Å²) in [6.07, 6.45) is -1.49. The van der Waals surface area contributed by atoms with E-state index in [2.05, 4.69) is 0 Å². The second-order valence-corrected chi connectivity index (χ2v) is 2.97. The Morgan fingerprint density at radius 3 is 2.00 bits per heavy atom. The van der Waals surface area contributed by atoms with Crippen LogP contribution < -0.4 is 0 Å². The molecule has 0 aromatic rings. The number of aliphatic carboxylic acids is 1. The number of carboxylic acids is 1. The van der Waals surface area contributed by atoms with Gasteiger partial charge in [-0.25, -0.2) is 9.13 Å². The third-order valence-corrected chi connectivity index (χ3v) is 1.71. The molecule has 3 N–H and O–H groups in total. The van der Waals surface area contributed by atoms with Crippen molar-refractivity contribution in [2.45, 2.75) is 19.1 Å². The normalized spacial score (nSPS) is 15.7. The van der Waals surface area contributed by atoms with E-state index < -0.39 is 30.8 Å². The lowest BCUT2D eigenvalue weighted by molar-refractivity contribution is -0.158. The SMILES string of the molecule is CC(O)C(C(=O)O)N(O)P(=O)=O. The van der Waals surface area contributed by atoms with Crippen molar-refractivity contribution >= 4 is 13.8 Å². The van der Waals surface area contributed by atoms with Crippen LogP contribution in [0.4, 0.5) is 0 Å². The molecule has 0 aliphatic rings. The van der Waals surface area contributed by atoms with E-state index in [1.165, 1.54) is 0 Å². The molecule has 0 bridgehead atoms. The van der Waals surface area contributed by atoms with Crippen molar-refractivity contribution < 1.29 is 29.3 Å². The molecule has 7 nitrogen and oxygen atoms in total. The van der Waals surface area contributed by atoms with Gasteiger partial charge in [0.05, 0.1) is 6.10 Å². The molecule has 0 spiro atoms. The van der Waals surface area contributed by atoms with Gasteiger partial charge < -0.3 is 15.4 Å². The standard InChI is InChI=1S/C4H8NO6P/c1-2(6)3(4(7)8)5(9)12(10)11/h2-3,6,9H,1H3,(H,7,8). The molecule has 70 valence electrons. The summed E-state index contributed by atoms with van der Waals surface area (Å²) in [5.74, 6) is -1.62. The fraction of sp³-hybridized carbons (Fsp3) is 0.750. The van der Waals surface area contributed by atoms with Crippen LogP contribution in [0.2, 0.25) is 0 Å². The first-order valence-corrected chi connectivity index (χ1v) is 4.04. The van der Waals surface area contributed by atoms with Crippen molar-refractivity contribution in [3.8, 4) is 0 Å². The first kappa shape index (κ1) is 11.2. The summed E-state index contributed by atoms with van der Waals surface area (Å²) in [7, 11) is -3.42. The molecule has 2 atom stereocenters. The zero-order chi connectivity index (χ0) is 9.89. The number of carbonyl (C=O) groups is 1. The van der Waals surface area contributed by atoms with E-state index in [0.29, 0.717) is 0 Å². The van der Waals surface area contributed by atoms with Gasteiger partial charge in [0.15, 0.2) is 6.04 Å². The number of aliphatic hydroxyl groups excluding tert-OH is 1. The molecule has 0 aliphatic heterocycles. The van der Waals surface area contributed by atoms with Crippen LogP contribution in [0.5, 0.6) is 0 Å². The molecule has 0 heterocycles. The molecular weight excluding hydrogens is 189 g/mol. The molecule has 0 radical (unpaired) electrons. The predicted molar refractivity (Wildman–Crippen MR) is 35.0 cm³/mol. The minimum atomic E-state index is -3.42. The van der Waals surface area contributed by atoms with Gasteiger partial charge in [0.25, 0.3) is 0 Å². The van der Waals surface area contributed by atoms with E-state index in [9.17, 15) is 13.9 Å². The minimum Gasteiger partial charge on any atom is -0.480 e. The topological polar surface area (TPSA) is 115 Å². The molecule has 0 amide bonds. The Morgan fingerprint density at radius 2 is 1.92 bits per heavy atom. The molecule has 0 aromatic heterocycles. The summed E-state index contributed by atoms with van der Waals surface area (Å²) in [4.78, 5) is 9.84. The van der Waals surface area contributed by atoms with Gasteiger partial charge in [0.1, 0.15) is 0 Å². The van der Waals surface area contributed by atoms with Gasteiger partial charge in [-0.05, 0) is 6.92 Å². The van der Waals surface area contributed by atoms with Gasteiger partial charge in [0, 0.05) is 0 Å². The van der Waals surface area contributed by atoms with Crippen LogP contribution in [0, 0.1) is 0 Å². The van der Waals surface area contributed by atoms with Gasteiger partial charge >= 0.3 is 13.8 Å². The first-order chi connectivity index (χ1) is 5.37. The molecule has 12 heavy (non-hydrogen) atoms. The number of nitrogens with zero attached hydrogens (tertiary/aromatic N) is 1. The van der Waals surface area contributed by atoms with Gasteiger partial charge in [-0.1, -0.05) is 4.83 Å². The van der Waals surface area contributed by atoms with Crippen molar-refractivity contribution in [1.29, 1.82) is 0 Å². The number of hydroxylamine groups is 1. The summed E-state index contributed by atoms with van der Waals surface area (Å²) < 4.78 is 20.2. The number of rotatable bonds is 4. The molecule has 0 aromatic carbocycles. The first-order valence-electron chi connectivity index (χ1n) is 2.91.